The minimum atomic E-state index is -0.681. The summed E-state index contributed by atoms with van der Waals surface area (Å²) in [6.07, 6.45) is 1.63. The maximum atomic E-state index is 13.2. The van der Waals surface area contributed by atoms with Gasteiger partial charge in [0.15, 0.2) is 0 Å². The van der Waals surface area contributed by atoms with Crippen LogP contribution >= 0.6 is 11.6 Å². The van der Waals surface area contributed by atoms with E-state index in [-0.39, 0.29) is 37.1 Å². The standard InChI is InChI=1S/C28H46ClN7O5/c1-3-7-35(2)28-33-23(9-25(34-28)32-19-14-39-15-19)27(38)31-10-20(37)13-36-8-6-22-18(12-36)4-5-24(26(22)29)40-16-21-11-30-17-41-21/h4-5,19-21,23,25,28,30,32-34,37H,3,6-17H2,1-2H3,(H,31,38)/t20-,21?,23?,25?,28?/m0/s1. The first kappa shape index (κ1) is 30.9. The molecule has 41 heavy (non-hydrogen) atoms. The summed E-state index contributed by atoms with van der Waals surface area (Å²) in [6, 6.07) is 3.91. The van der Waals surface area contributed by atoms with Crippen LogP contribution in [0.5, 0.6) is 5.75 Å². The number of amides is 1. The average Bonchev–Trinajstić information content (AvgIpc) is 3.47. The number of benzene rings is 1. The highest BCUT2D eigenvalue weighted by Crippen LogP contribution is 2.34. The molecule has 1 amide bonds. The molecule has 3 fully saturated rings. The highest BCUT2D eigenvalue weighted by atomic mass is 35.5. The summed E-state index contributed by atoms with van der Waals surface area (Å²) in [5.41, 5.74) is 2.24. The lowest BCUT2D eigenvalue weighted by molar-refractivity contribution is -0.126. The molecule has 6 N–H and O–H groups in total. The Kier molecular flexibility index (Phi) is 11.1. The zero-order valence-corrected chi connectivity index (χ0v) is 24.9. The molecule has 0 spiro atoms. The van der Waals surface area contributed by atoms with Crippen molar-refractivity contribution in [1.82, 2.24) is 36.4 Å². The van der Waals surface area contributed by atoms with Gasteiger partial charge in [-0.2, -0.15) is 0 Å². The fraction of sp³-hybridized carbons (Fsp3) is 0.750. The van der Waals surface area contributed by atoms with Crippen LogP contribution in [0.3, 0.4) is 0 Å². The Morgan fingerprint density at radius 1 is 1.34 bits per heavy atom. The number of rotatable bonds is 13. The Hall–Kier alpha value is -1.58. The molecule has 0 aromatic heterocycles. The van der Waals surface area contributed by atoms with Crippen molar-refractivity contribution in [2.24, 2.45) is 0 Å². The zero-order valence-electron chi connectivity index (χ0n) is 24.2. The van der Waals surface area contributed by atoms with Crippen LogP contribution in [0.15, 0.2) is 12.1 Å². The Labute approximate surface area is 247 Å². The summed E-state index contributed by atoms with van der Waals surface area (Å²) in [5.74, 6) is 0.587. The molecule has 4 aliphatic rings. The van der Waals surface area contributed by atoms with E-state index in [2.05, 4.69) is 49.4 Å². The van der Waals surface area contributed by atoms with Crippen LogP contribution in [-0.2, 0) is 27.2 Å². The Morgan fingerprint density at radius 3 is 2.93 bits per heavy atom. The van der Waals surface area contributed by atoms with E-state index in [9.17, 15) is 9.90 Å². The first-order valence-electron chi connectivity index (χ1n) is 14.9. The van der Waals surface area contributed by atoms with Crippen LogP contribution < -0.4 is 31.3 Å². The second kappa shape index (κ2) is 14.7. The number of β-amino-alcohol motifs (C(OH)–C–C–N with tert-alkyl or cyclic N) is 1. The predicted octanol–water partition coefficient (Wildman–Crippen LogP) is -0.609. The first-order valence-corrected chi connectivity index (χ1v) is 15.3. The third kappa shape index (κ3) is 8.29. The molecule has 1 aromatic rings. The molecule has 0 saturated carbocycles. The summed E-state index contributed by atoms with van der Waals surface area (Å²) >= 11 is 6.70. The van der Waals surface area contributed by atoms with E-state index in [1.54, 1.807) is 0 Å². The van der Waals surface area contributed by atoms with Crippen molar-refractivity contribution < 1.29 is 24.1 Å². The van der Waals surface area contributed by atoms with Gasteiger partial charge in [-0.1, -0.05) is 24.6 Å². The quantitative estimate of drug-likeness (QED) is 0.175. The Bertz CT molecular complexity index is 1010. The number of nitrogens with zero attached hydrogens (tertiary/aromatic N) is 2. The van der Waals surface area contributed by atoms with Gasteiger partial charge in [-0.3, -0.25) is 35.9 Å². The number of aliphatic hydroxyl groups is 1. The molecule has 230 valence electrons. The summed E-state index contributed by atoms with van der Waals surface area (Å²) in [7, 11) is 2.04. The summed E-state index contributed by atoms with van der Waals surface area (Å²) < 4.78 is 16.8. The molecule has 4 aliphatic heterocycles. The number of hydrogen-bond acceptors (Lipinski definition) is 11. The largest absolute Gasteiger partial charge is 0.489 e. The molecule has 12 nitrogen and oxygen atoms in total. The normalized spacial score (nSPS) is 27.8. The number of ether oxygens (including phenoxy) is 3. The van der Waals surface area contributed by atoms with Crippen molar-refractivity contribution in [1.29, 1.82) is 0 Å². The fourth-order valence-electron chi connectivity index (χ4n) is 5.82. The van der Waals surface area contributed by atoms with Gasteiger partial charge >= 0.3 is 0 Å². The molecule has 5 rings (SSSR count). The molecule has 3 saturated heterocycles. The Balaban J connectivity index is 1.08. The number of fused-ring (bicyclic) bond motifs is 1. The zero-order chi connectivity index (χ0) is 28.8. The smallest absolute Gasteiger partial charge is 0.237 e. The summed E-state index contributed by atoms with van der Waals surface area (Å²) in [4.78, 5) is 17.6. The van der Waals surface area contributed by atoms with Crippen molar-refractivity contribution in [3.05, 3.63) is 28.3 Å². The van der Waals surface area contributed by atoms with Gasteiger partial charge in [-0.25, -0.2) is 0 Å². The number of halogens is 1. The average molecular weight is 596 g/mol. The summed E-state index contributed by atoms with van der Waals surface area (Å²) in [6.45, 7) is 8.36. The van der Waals surface area contributed by atoms with E-state index < -0.39 is 6.10 Å². The van der Waals surface area contributed by atoms with Crippen molar-refractivity contribution in [3.8, 4) is 5.75 Å². The van der Waals surface area contributed by atoms with Crippen molar-refractivity contribution in [2.45, 2.75) is 69.5 Å². The molecule has 5 atom stereocenters. The molecule has 0 bridgehead atoms. The van der Waals surface area contributed by atoms with Gasteiger partial charge in [0, 0.05) is 45.7 Å². The molecular formula is C28H46ClN7O5. The van der Waals surface area contributed by atoms with Crippen LogP contribution in [0.1, 0.15) is 30.9 Å². The summed E-state index contributed by atoms with van der Waals surface area (Å²) in [5, 5.41) is 28.1. The number of hydrogen-bond donors (Lipinski definition) is 6. The number of carbonyl (C=O) groups is 1. The molecule has 4 unspecified atom stereocenters. The van der Waals surface area contributed by atoms with Crippen molar-refractivity contribution in [2.75, 3.05) is 66.3 Å². The minimum Gasteiger partial charge on any atom is -0.489 e. The van der Waals surface area contributed by atoms with E-state index in [1.165, 1.54) is 0 Å². The van der Waals surface area contributed by atoms with Crippen LogP contribution in [0.4, 0.5) is 0 Å². The van der Waals surface area contributed by atoms with E-state index >= 15 is 0 Å². The van der Waals surface area contributed by atoms with Crippen LogP contribution in [-0.4, -0.2) is 124 Å². The van der Waals surface area contributed by atoms with E-state index in [1.807, 2.05) is 13.1 Å². The lowest BCUT2D eigenvalue weighted by Gasteiger charge is -2.43. The maximum Gasteiger partial charge on any atom is 0.237 e. The molecular weight excluding hydrogens is 550 g/mol. The lowest BCUT2D eigenvalue weighted by atomic mass is 9.99. The van der Waals surface area contributed by atoms with Crippen LogP contribution in [0.2, 0.25) is 5.02 Å². The monoisotopic (exact) mass is 595 g/mol. The second-order valence-corrected chi connectivity index (χ2v) is 11.9. The molecule has 0 aliphatic carbocycles. The second-order valence-electron chi connectivity index (χ2n) is 11.6. The van der Waals surface area contributed by atoms with Gasteiger partial charge in [0.2, 0.25) is 5.91 Å². The topological polar surface area (TPSA) is 132 Å². The van der Waals surface area contributed by atoms with Gasteiger partial charge in [0.1, 0.15) is 24.8 Å². The van der Waals surface area contributed by atoms with Gasteiger partial charge < -0.3 is 24.6 Å². The third-order valence-electron chi connectivity index (χ3n) is 8.17. The van der Waals surface area contributed by atoms with Crippen molar-refractivity contribution in [3.63, 3.8) is 0 Å². The molecule has 0 radical (unpaired) electrons. The molecule has 4 heterocycles. The maximum absolute atomic E-state index is 13.2. The lowest BCUT2D eigenvalue weighted by Crippen LogP contribution is -2.71. The fourth-order valence-corrected chi connectivity index (χ4v) is 6.15. The number of carbonyl (C=O) groups excluding carboxylic acids is 1. The highest BCUT2D eigenvalue weighted by molar-refractivity contribution is 6.33. The SMILES string of the molecule is CCCN(C)C1NC(NC2COC2)CC(C(=O)NC[C@H](O)CN2CCc3c(ccc(OCC4CNCO4)c3Cl)C2)N1. The molecule has 1 aromatic carbocycles. The first-order chi connectivity index (χ1) is 19.9. The van der Waals surface area contributed by atoms with E-state index in [0.29, 0.717) is 62.9 Å². The van der Waals surface area contributed by atoms with E-state index in [0.717, 1.165) is 43.6 Å². The van der Waals surface area contributed by atoms with Crippen molar-refractivity contribution >= 4 is 17.5 Å². The number of nitrogens with one attached hydrogen (secondary N) is 5. The number of aliphatic hydroxyl groups excluding tert-OH is 1. The third-order valence-corrected chi connectivity index (χ3v) is 8.59. The van der Waals surface area contributed by atoms with Gasteiger partial charge in [0.25, 0.3) is 0 Å². The van der Waals surface area contributed by atoms with Gasteiger partial charge in [-0.05, 0) is 37.1 Å². The van der Waals surface area contributed by atoms with E-state index in [4.69, 9.17) is 25.8 Å². The van der Waals surface area contributed by atoms with Crippen LogP contribution in [0, 0.1) is 0 Å². The van der Waals surface area contributed by atoms with Crippen LogP contribution in [0.25, 0.3) is 0 Å². The van der Waals surface area contributed by atoms with Gasteiger partial charge in [-0.15, -0.1) is 0 Å². The predicted molar refractivity (Wildman–Crippen MR) is 156 cm³/mol. The molecule has 13 heteroatoms. The Morgan fingerprint density at radius 2 is 2.20 bits per heavy atom. The van der Waals surface area contributed by atoms with Gasteiger partial charge in [0.05, 0.1) is 49.3 Å². The minimum absolute atomic E-state index is 0.00524. The highest BCUT2D eigenvalue weighted by Gasteiger charge is 2.35.